The zero-order valence-corrected chi connectivity index (χ0v) is 11.9. The van der Waals surface area contributed by atoms with Crippen molar-refractivity contribution in [2.24, 2.45) is 5.73 Å². The van der Waals surface area contributed by atoms with Crippen LogP contribution in [0.2, 0.25) is 0 Å². The summed E-state index contributed by atoms with van der Waals surface area (Å²) >= 11 is 3.63. The van der Waals surface area contributed by atoms with Crippen LogP contribution < -0.4 is 10.6 Å². The van der Waals surface area contributed by atoms with E-state index in [2.05, 4.69) is 52.9 Å². The third-order valence-electron chi connectivity index (χ3n) is 2.71. The van der Waals surface area contributed by atoms with E-state index >= 15 is 0 Å². The van der Waals surface area contributed by atoms with Gasteiger partial charge in [0.25, 0.3) is 0 Å². The molecular weight excluding hydrogens is 264 g/mol. The lowest BCUT2D eigenvalue weighted by Crippen LogP contribution is -2.23. The molecule has 0 spiro atoms. The smallest absolute Gasteiger partial charge is 0.0510 e. The molecular formula is C13H21BrN2. The lowest BCUT2D eigenvalue weighted by atomic mass is 10.1. The number of halogens is 1. The minimum absolute atomic E-state index is 0.0894. The maximum atomic E-state index is 5.87. The molecule has 0 saturated carbocycles. The highest BCUT2D eigenvalue weighted by Crippen LogP contribution is 2.29. The highest BCUT2D eigenvalue weighted by atomic mass is 79.9. The van der Waals surface area contributed by atoms with Crippen LogP contribution in [0.25, 0.3) is 0 Å². The fraction of sp³-hybridized carbons (Fsp3) is 0.538. The predicted molar refractivity (Wildman–Crippen MR) is 74.9 cm³/mol. The van der Waals surface area contributed by atoms with Crippen LogP contribution >= 0.6 is 15.9 Å². The summed E-state index contributed by atoms with van der Waals surface area (Å²) in [5.41, 5.74) is 8.29. The number of benzene rings is 1. The normalized spacial score (nSPS) is 12.6. The maximum absolute atomic E-state index is 5.87. The van der Waals surface area contributed by atoms with Crippen molar-refractivity contribution in [2.45, 2.75) is 33.2 Å². The summed E-state index contributed by atoms with van der Waals surface area (Å²) in [4.78, 5) is 2.37. The minimum atomic E-state index is 0.0894. The van der Waals surface area contributed by atoms with E-state index in [1.807, 2.05) is 6.92 Å². The summed E-state index contributed by atoms with van der Waals surface area (Å²) in [6.07, 6.45) is 1.16. The number of hydrogen-bond acceptors (Lipinski definition) is 2. The van der Waals surface area contributed by atoms with Gasteiger partial charge in [0, 0.05) is 23.6 Å². The number of hydrogen-bond donors (Lipinski definition) is 1. The second-order valence-corrected chi connectivity index (χ2v) is 4.93. The van der Waals surface area contributed by atoms with Crippen molar-refractivity contribution in [3.63, 3.8) is 0 Å². The first kappa shape index (κ1) is 13.5. The number of rotatable bonds is 5. The average molecular weight is 285 g/mol. The van der Waals surface area contributed by atoms with Gasteiger partial charge in [-0.3, -0.25) is 0 Å². The SMILES string of the molecule is CCCN(CC)c1ccc(C(C)N)cc1Br. The minimum Gasteiger partial charge on any atom is -0.371 e. The molecule has 0 aliphatic rings. The van der Waals surface area contributed by atoms with E-state index in [1.54, 1.807) is 0 Å². The van der Waals surface area contributed by atoms with Gasteiger partial charge in [-0.15, -0.1) is 0 Å². The van der Waals surface area contributed by atoms with Gasteiger partial charge in [0.2, 0.25) is 0 Å². The molecule has 2 N–H and O–H groups in total. The molecule has 1 aromatic rings. The fourth-order valence-corrected chi connectivity index (χ4v) is 2.43. The van der Waals surface area contributed by atoms with E-state index in [-0.39, 0.29) is 6.04 Å². The van der Waals surface area contributed by atoms with Crippen LogP contribution in [0.1, 0.15) is 38.8 Å². The summed E-state index contributed by atoms with van der Waals surface area (Å²) in [6, 6.07) is 6.48. The van der Waals surface area contributed by atoms with Gasteiger partial charge < -0.3 is 10.6 Å². The van der Waals surface area contributed by atoms with Gasteiger partial charge in [0.15, 0.2) is 0 Å². The molecule has 1 unspecified atom stereocenters. The lowest BCUT2D eigenvalue weighted by Gasteiger charge is -2.24. The van der Waals surface area contributed by atoms with Gasteiger partial charge in [-0.1, -0.05) is 13.0 Å². The Labute approximate surface area is 107 Å². The molecule has 0 aliphatic carbocycles. The van der Waals surface area contributed by atoms with E-state index in [0.29, 0.717) is 0 Å². The molecule has 0 radical (unpaired) electrons. The molecule has 0 amide bonds. The summed E-state index contributed by atoms with van der Waals surface area (Å²) < 4.78 is 1.14. The fourth-order valence-electron chi connectivity index (χ4n) is 1.78. The molecule has 0 bridgehead atoms. The Hall–Kier alpha value is -0.540. The second-order valence-electron chi connectivity index (χ2n) is 4.08. The molecule has 0 fully saturated rings. The topological polar surface area (TPSA) is 29.3 Å². The first-order valence-corrected chi connectivity index (χ1v) is 6.69. The average Bonchev–Trinajstić information content (AvgIpc) is 2.26. The van der Waals surface area contributed by atoms with E-state index in [1.165, 1.54) is 11.3 Å². The van der Waals surface area contributed by atoms with Crippen molar-refractivity contribution in [3.05, 3.63) is 28.2 Å². The van der Waals surface area contributed by atoms with E-state index in [0.717, 1.165) is 24.0 Å². The molecule has 90 valence electrons. The van der Waals surface area contributed by atoms with Crippen LogP contribution in [0.15, 0.2) is 22.7 Å². The maximum Gasteiger partial charge on any atom is 0.0510 e. The van der Waals surface area contributed by atoms with Crippen LogP contribution in [-0.4, -0.2) is 13.1 Å². The van der Waals surface area contributed by atoms with E-state index < -0.39 is 0 Å². The first-order chi connectivity index (χ1) is 7.60. The first-order valence-electron chi connectivity index (χ1n) is 5.90. The Bertz CT molecular complexity index is 337. The van der Waals surface area contributed by atoms with E-state index in [4.69, 9.17) is 5.73 Å². The summed E-state index contributed by atoms with van der Waals surface area (Å²) in [5, 5.41) is 0. The van der Waals surface area contributed by atoms with Gasteiger partial charge in [0.05, 0.1) is 5.69 Å². The third-order valence-corrected chi connectivity index (χ3v) is 3.35. The number of anilines is 1. The van der Waals surface area contributed by atoms with Crippen molar-refractivity contribution in [1.29, 1.82) is 0 Å². The van der Waals surface area contributed by atoms with Gasteiger partial charge >= 0.3 is 0 Å². The Kier molecular flexibility index (Phi) is 5.29. The second kappa shape index (κ2) is 6.26. The van der Waals surface area contributed by atoms with Crippen LogP contribution in [0.5, 0.6) is 0 Å². The highest BCUT2D eigenvalue weighted by molar-refractivity contribution is 9.10. The Morgan fingerprint density at radius 2 is 2.06 bits per heavy atom. The van der Waals surface area contributed by atoms with Crippen LogP contribution in [0, 0.1) is 0 Å². The Balaban J connectivity index is 2.96. The van der Waals surface area contributed by atoms with E-state index in [9.17, 15) is 0 Å². The third kappa shape index (κ3) is 3.22. The molecule has 0 saturated heterocycles. The van der Waals surface area contributed by atoms with Gasteiger partial charge in [-0.2, -0.15) is 0 Å². The zero-order chi connectivity index (χ0) is 12.1. The quantitative estimate of drug-likeness (QED) is 0.893. The van der Waals surface area contributed by atoms with Crippen molar-refractivity contribution in [1.82, 2.24) is 0 Å². The molecule has 0 heterocycles. The number of nitrogens with two attached hydrogens (primary N) is 1. The summed E-state index contributed by atoms with van der Waals surface area (Å²) in [7, 11) is 0. The molecule has 0 aliphatic heterocycles. The number of nitrogens with zero attached hydrogens (tertiary/aromatic N) is 1. The predicted octanol–water partition coefficient (Wildman–Crippen LogP) is 3.71. The standard InChI is InChI=1S/C13H21BrN2/c1-4-8-16(5-2)13-7-6-11(10(3)15)9-12(13)14/h6-7,9-10H,4-5,8,15H2,1-3H3. The molecule has 1 aromatic carbocycles. The molecule has 1 rings (SSSR count). The van der Waals surface area contributed by atoms with Crippen molar-refractivity contribution >= 4 is 21.6 Å². The van der Waals surface area contributed by atoms with Crippen molar-refractivity contribution in [2.75, 3.05) is 18.0 Å². The monoisotopic (exact) mass is 284 g/mol. The molecule has 3 heteroatoms. The summed E-state index contributed by atoms with van der Waals surface area (Å²) in [5.74, 6) is 0. The van der Waals surface area contributed by atoms with Crippen molar-refractivity contribution < 1.29 is 0 Å². The molecule has 1 atom stereocenters. The zero-order valence-electron chi connectivity index (χ0n) is 10.3. The summed E-state index contributed by atoms with van der Waals surface area (Å²) in [6.45, 7) is 8.51. The van der Waals surface area contributed by atoms with Gasteiger partial charge in [0.1, 0.15) is 0 Å². The van der Waals surface area contributed by atoms with Crippen molar-refractivity contribution in [3.8, 4) is 0 Å². The lowest BCUT2D eigenvalue weighted by molar-refractivity contribution is 0.785. The Morgan fingerprint density at radius 3 is 2.50 bits per heavy atom. The highest BCUT2D eigenvalue weighted by Gasteiger charge is 2.09. The molecule has 0 aromatic heterocycles. The Morgan fingerprint density at radius 1 is 1.38 bits per heavy atom. The van der Waals surface area contributed by atoms with Gasteiger partial charge in [-0.25, -0.2) is 0 Å². The molecule has 16 heavy (non-hydrogen) atoms. The largest absolute Gasteiger partial charge is 0.371 e. The van der Waals surface area contributed by atoms with Crippen LogP contribution in [-0.2, 0) is 0 Å². The van der Waals surface area contributed by atoms with Crippen LogP contribution in [0.4, 0.5) is 5.69 Å². The van der Waals surface area contributed by atoms with Crippen LogP contribution in [0.3, 0.4) is 0 Å². The van der Waals surface area contributed by atoms with Gasteiger partial charge in [-0.05, 0) is 53.9 Å². The molecule has 2 nitrogen and oxygen atoms in total.